The van der Waals surface area contributed by atoms with Gasteiger partial charge in [0.15, 0.2) is 0 Å². The molecule has 0 radical (unpaired) electrons. The van der Waals surface area contributed by atoms with Crippen molar-refractivity contribution in [1.29, 1.82) is 0 Å². The molecule has 0 aromatic heterocycles. The third-order valence-corrected chi connectivity index (χ3v) is 2.60. The molecule has 16 heavy (non-hydrogen) atoms. The zero-order valence-electron chi connectivity index (χ0n) is 10.1. The van der Waals surface area contributed by atoms with E-state index in [9.17, 15) is 4.79 Å². The monoisotopic (exact) mass is 221 g/mol. The lowest BCUT2D eigenvalue weighted by molar-refractivity contribution is -0.119. The van der Waals surface area contributed by atoms with E-state index in [0.29, 0.717) is 12.2 Å². The molecule has 4 nitrogen and oxygen atoms in total. The largest absolute Gasteiger partial charge is 0.399 e. The molecule has 0 heterocycles. The second-order valence-electron chi connectivity index (χ2n) is 3.87. The summed E-state index contributed by atoms with van der Waals surface area (Å²) in [7, 11) is 3.70. The van der Waals surface area contributed by atoms with Crippen LogP contribution >= 0.6 is 0 Å². The maximum absolute atomic E-state index is 11.9. The fourth-order valence-corrected chi connectivity index (χ4v) is 1.29. The van der Waals surface area contributed by atoms with Crippen LogP contribution in [0.5, 0.6) is 0 Å². The quantitative estimate of drug-likeness (QED) is 0.777. The van der Waals surface area contributed by atoms with Crippen molar-refractivity contribution in [3.05, 3.63) is 24.3 Å². The summed E-state index contributed by atoms with van der Waals surface area (Å²) in [6.07, 6.45) is 0. The maximum Gasteiger partial charge on any atom is 0.240 e. The summed E-state index contributed by atoms with van der Waals surface area (Å²) in [5, 5.41) is 0. The third-order valence-electron chi connectivity index (χ3n) is 2.60. The van der Waals surface area contributed by atoms with Crippen LogP contribution in [0.1, 0.15) is 6.92 Å². The fraction of sp³-hybridized carbons (Fsp3) is 0.417. The topological polar surface area (TPSA) is 49.6 Å². The van der Waals surface area contributed by atoms with Crippen molar-refractivity contribution in [3.8, 4) is 0 Å². The molecule has 2 N–H and O–H groups in total. The Kier molecular flexibility index (Phi) is 4.31. The van der Waals surface area contributed by atoms with E-state index in [1.165, 1.54) is 0 Å². The van der Waals surface area contributed by atoms with E-state index in [0.717, 1.165) is 12.2 Å². The molecular formula is C12H19N3O. The molecule has 0 bridgehead atoms. The van der Waals surface area contributed by atoms with E-state index in [-0.39, 0.29) is 5.91 Å². The third kappa shape index (κ3) is 3.24. The van der Waals surface area contributed by atoms with Crippen molar-refractivity contribution in [3.63, 3.8) is 0 Å². The number of nitrogen functional groups attached to an aromatic ring is 1. The average molecular weight is 221 g/mol. The highest BCUT2D eigenvalue weighted by Gasteiger charge is 2.12. The minimum atomic E-state index is 0.0779. The normalized spacial score (nSPS) is 10.5. The molecule has 1 rings (SSSR count). The van der Waals surface area contributed by atoms with Gasteiger partial charge in [-0.15, -0.1) is 0 Å². The highest BCUT2D eigenvalue weighted by molar-refractivity contribution is 5.94. The van der Waals surface area contributed by atoms with Crippen LogP contribution in [-0.4, -0.2) is 38.0 Å². The predicted molar refractivity (Wildman–Crippen MR) is 67.4 cm³/mol. The average Bonchev–Trinajstić information content (AvgIpc) is 2.28. The molecule has 1 amide bonds. The Hall–Kier alpha value is -1.55. The number of benzene rings is 1. The van der Waals surface area contributed by atoms with Gasteiger partial charge < -0.3 is 10.6 Å². The Bertz CT molecular complexity index is 348. The number of anilines is 2. The second kappa shape index (κ2) is 5.51. The van der Waals surface area contributed by atoms with Gasteiger partial charge in [0, 0.05) is 18.4 Å². The zero-order chi connectivity index (χ0) is 12.1. The van der Waals surface area contributed by atoms with E-state index in [4.69, 9.17) is 5.73 Å². The molecular weight excluding hydrogens is 202 g/mol. The summed E-state index contributed by atoms with van der Waals surface area (Å²) in [5.41, 5.74) is 7.16. The van der Waals surface area contributed by atoms with Crippen LogP contribution < -0.4 is 10.6 Å². The molecule has 0 atom stereocenters. The SMILES string of the molecule is CCN(C)CC(=O)N(C)c1ccc(N)cc1. The summed E-state index contributed by atoms with van der Waals surface area (Å²) >= 11 is 0. The number of hydrogen-bond acceptors (Lipinski definition) is 3. The molecule has 0 spiro atoms. The molecule has 4 heteroatoms. The molecule has 0 aliphatic heterocycles. The highest BCUT2D eigenvalue weighted by atomic mass is 16.2. The smallest absolute Gasteiger partial charge is 0.240 e. The Balaban J connectivity index is 2.66. The zero-order valence-corrected chi connectivity index (χ0v) is 10.1. The Labute approximate surface area is 96.6 Å². The first kappa shape index (κ1) is 12.5. The van der Waals surface area contributed by atoms with Gasteiger partial charge >= 0.3 is 0 Å². The van der Waals surface area contributed by atoms with Crippen LogP contribution in [0.4, 0.5) is 11.4 Å². The van der Waals surface area contributed by atoms with E-state index in [1.54, 1.807) is 24.1 Å². The van der Waals surface area contributed by atoms with Gasteiger partial charge in [-0.3, -0.25) is 9.69 Å². The number of carbonyl (C=O) groups excluding carboxylic acids is 1. The van der Waals surface area contributed by atoms with Crippen LogP contribution in [0, 0.1) is 0 Å². The van der Waals surface area contributed by atoms with E-state index < -0.39 is 0 Å². The summed E-state index contributed by atoms with van der Waals surface area (Å²) in [5.74, 6) is 0.0779. The molecule has 1 aromatic carbocycles. The van der Waals surface area contributed by atoms with Gasteiger partial charge in [-0.2, -0.15) is 0 Å². The van der Waals surface area contributed by atoms with Crippen molar-refractivity contribution in [2.75, 3.05) is 37.8 Å². The number of likely N-dealkylation sites (N-methyl/N-ethyl adjacent to an activating group) is 2. The van der Waals surface area contributed by atoms with Crippen LogP contribution in [-0.2, 0) is 4.79 Å². The number of nitrogens with two attached hydrogens (primary N) is 1. The Morgan fingerprint density at radius 3 is 2.31 bits per heavy atom. The minimum absolute atomic E-state index is 0.0779. The predicted octanol–water partition coefficient (Wildman–Crippen LogP) is 1.18. The lowest BCUT2D eigenvalue weighted by Crippen LogP contribution is -2.36. The number of hydrogen-bond donors (Lipinski definition) is 1. The molecule has 0 aliphatic carbocycles. The van der Waals surface area contributed by atoms with Gasteiger partial charge in [-0.25, -0.2) is 0 Å². The summed E-state index contributed by atoms with van der Waals surface area (Å²) < 4.78 is 0. The van der Waals surface area contributed by atoms with Crippen LogP contribution in [0.3, 0.4) is 0 Å². The van der Waals surface area contributed by atoms with E-state index in [2.05, 4.69) is 0 Å². The van der Waals surface area contributed by atoms with Gasteiger partial charge in [0.25, 0.3) is 0 Å². The van der Waals surface area contributed by atoms with Gasteiger partial charge in [0.05, 0.1) is 6.54 Å². The van der Waals surface area contributed by atoms with Gasteiger partial charge in [0.2, 0.25) is 5.91 Å². The van der Waals surface area contributed by atoms with Crippen LogP contribution in [0.15, 0.2) is 24.3 Å². The van der Waals surface area contributed by atoms with Crippen molar-refractivity contribution in [1.82, 2.24) is 4.90 Å². The molecule has 88 valence electrons. The number of rotatable bonds is 4. The van der Waals surface area contributed by atoms with E-state index >= 15 is 0 Å². The van der Waals surface area contributed by atoms with Gasteiger partial charge in [-0.1, -0.05) is 6.92 Å². The molecule has 0 saturated carbocycles. The lowest BCUT2D eigenvalue weighted by Gasteiger charge is -2.21. The molecule has 1 aromatic rings. The van der Waals surface area contributed by atoms with Crippen molar-refractivity contribution >= 4 is 17.3 Å². The first-order valence-corrected chi connectivity index (χ1v) is 5.35. The molecule has 0 fully saturated rings. The molecule has 0 unspecified atom stereocenters. The molecule has 0 saturated heterocycles. The van der Waals surface area contributed by atoms with Crippen LogP contribution in [0.25, 0.3) is 0 Å². The summed E-state index contributed by atoms with van der Waals surface area (Å²) in [6.45, 7) is 3.31. The first-order valence-electron chi connectivity index (χ1n) is 5.35. The van der Waals surface area contributed by atoms with Gasteiger partial charge in [0.1, 0.15) is 0 Å². The Morgan fingerprint density at radius 2 is 1.81 bits per heavy atom. The summed E-state index contributed by atoms with van der Waals surface area (Å²) in [6, 6.07) is 7.28. The van der Waals surface area contributed by atoms with Crippen molar-refractivity contribution in [2.45, 2.75) is 6.92 Å². The lowest BCUT2D eigenvalue weighted by atomic mass is 10.2. The number of carbonyl (C=O) groups is 1. The summed E-state index contributed by atoms with van der Waals surface area (Å²) in [4.78, 5) is 15.5. The Morgan fingerprint density at radius 1 is 1.25 bits per heavy atom. The van der Waals surface area contributed by atoms with Crippen molar-refractivity contribution < 1.29 is 4.79 Å². The second-order valence-corrected chi connectivity index (χ2v) is 3.87. The number of nitrogens with zero attached hydrogens (tertiary/aromatic N) is 2. The van der Waals surface area contributed by atoms with Crippen LogP contribution in [0.2, 0.25) is 0 Å². The molecule has 0 aliphatic rings. The fourth-order valence-electron chi connectivity index (χ4n) is 1.29. The van der Waals surface area contributed by atoms with E-state index in [1.807, 2.05) is 31.0 Å². The standard InChI is InChI=1S/C12H19N3O/c1-4-14(2)9-12(16)15(3)11-7-5-10(13)6-8-11/h5-8H,4,9,13H2,1-3H3. The van der Waals surface area contributed by atoms with Crippen molar-refractivity contribution in [2.24, 2.45) is 0 Å². The first-order chi connectivity index (χ1) is 7.54. The number of amides is 1. The highest BCUT2D eigenvalue weighted by Crippen LogP contribution is 2.14. The minimum Gasteiger partial charge on any atom is -0.399 e. The van der Waals surface area contributed by atoms with Gasteiger partial charge in [-0.05, 0) is 37.9 Å². The maximum atomic E-state index is 11.9.